The first-order valence-corrected chi connectivity index (χ1v) is 9.17. The fourth-order valence-corrected chi connectivity index (χ4v) is 3.26. The maximum atomic E-state index is 12.9. The van der Waals surface area contributed by atoms with Crippen LogP contribution in [-0.2, 0) is 17.1 Å². The predicted octanol–water partition coefficient (Wildman–Crippen LogP) is 4.68. The Labute approximate surface area is 177 Å². The number of amides is 1. The van der Waals surface area contributed by atoms with Crippen molar-refractivity contribution in [3.63, 3.8) is 0 Å². The molecule has 0 saturated carbocycles. The number of hydrazine groups is 1. The summed E-state index contributed by atoms with van der Waals surface area (Å²) in [6.45, 7) is 1.64. The Morgan fingerprint density at radius 3 is 2.12 bits per heavy atom. The molecular weight excluding hydrogens is 438 g/mol. The fraction of sp³-hybridized carbons (Fsp3) is 0.143. The summed E-state index contributed by atoms with van der Waals surface area (Å²) in [7, 11) is 0. The highest BCUT2D eigenvalue weighted by Gasteiger charge is 2.34. The number of nitrogens with zero attached hydrogens (tertiary/aromatic N) is 2. The number of carbonyl (C=O) groups excluding carboxylic acids is 1. The highest BCUT2D eigenvalue weighted by atomic mass is 19.4. The van der Waals surface area contributed by atoms with Crippen molar-refractivity contribution >= 4 is 17.1 Å². The number of pyridine rings is 1. The zero-order valence-electron chi connectivity index (χ0n) is 16.3. The molecule has 0 atom stereocenters. The lowest BCUT2D eigenvalue weighted by atomic mass is 10.00. The molecule has 0 spiro atoms. The molecule has 0 radical (unpaired) electrons. The minimum absolute atomic E-state index is 0.0849. The Hall–Kier alpha value is -3.76. The monoisotopic (exact) mass is 452 g/mol. The van der Waals surface area contributed by atoms with Crippen LogP contribution in [0.2, 0.25) is 0 Å². The van der Waals surface area contributed by atoms with Crippen molar-refractivity contribution in [1.29, 1.82) is 0 Å². The summed E-state index contributed by atoms with van der Waals surface area (Å²) in [4.78, 5) is 16.3. The van der Waals surface area contributed by atoms with E-state index in [0.717, 1.165) is 35.5 Å². The summed E-state index contributed by atoms with van der Waals surface area (Å²) < 4.78 is 76.6. The lowest BCUT2D eigenvalue weighted by Gasteiger charge is -2.35. The van der Waals surface area contributed by atoms with Gasteiger partial charge in [0.15, 0.2) is 0 Å². The van der Waals surface area contributed by atoms with E-state index in [4.69, 9.17) is 0 Å². The van der Waals surface area contributed by atoms with Gasteiger partial charge in [0.2, 0.25) is 0 Å². The van der Waals surface area contributed by atoms with Crippen molar-refractivity contribution in [3.05, 3.63) is 88.8 Å². The molecule has 1 amide bonds. The Kier molecular flexibility index (Phi) is 4.99. The smallest absolute Gasteiger partial charge is 0.346 e. The molecule has 0 bridgehead atoms. The molecule has 166 valence electrons. The van der Waals surface area contributed by atoms with E-state index in [9.17, 15) is 31.1 Å². The average molecular weight is 452 g/mol. The second-order valence-electron chi connectivity index (χ2n) is 7.03. The number of nitrogens with one attached hydrogen (secondary N) is 2. The standard InChI is InChI=1S/C21H14F6N4O/c1-11-15(12-2-5-14(6-3-12)20(22,23)24)8-18-29-10-16(19(32)31(18)30-11)13-4-7-17(28-9-13)21(25,26)27/h2-10,29-30H,1H3. The predicted molar refractivity (Wildman–Crippen MR) is 102 cm³/mol. The first kappa shape index (κ1) is 21.5. The van der Waals surface area contributed by atoms with Crippen molar-refractivity contribution in [2.75, 3.05) is 0 Å². The second-order valence-corrected chi connectivity index (χ2v) is 7.03. The first-order chi connectivity index (χ1) is 14.9. The summed E-state index contributed by atoms with van der Waals surface area (Å²) >= 11 is 0. The van der Waals surface area contributed by atoms with E-state index in [1.54, 1.807) is 13.0 Å². The molecule has 0 unspecified atom stereocenters. The van der Waals surface area contributed by atoms with Crippen LogP contribution in [0, 0.1) is 0 Å². The summed E-state index contributed by atoms with van der Waals surface area (Å²) in [6.07, 6.45) is -5.16. The summed E-state index contributed by atoms with van der Waals surface area (Å²) in [6, 6.07) is 6.53. The lowest BCUT2D eigenvalue weighted by Crippen LogP contribution is -2.49. The molecule has 0 aliphatic carbocycles. The van der Waals surface area contributed by atoms with E-state index < -0.39 is 29.5 Å². The first-order valence-electron chi connectivity index (χ1n) is 9.17. The Balaban J connectivity index is 1.60. The third-order valence-electron chi connectivity index (χ3n) is 4.89. The number of alkyl halides is 6. The minimum atomic E-state index is -4.59. The molecule has 5 nitrogen and oxygen atoms in total. The van der Waals surface area contributed by atoms with Gasteiger partial charge in [-0.1, -0.05) is 18.2 Å². The van der Waals surface area contributed by atoms with Crippen LogP contribution >= 0.6 is 0 Å². The molecule has 32 heavy (non-hydrogen) atoms. The van der Waals surface area contributed by atoms with E-state index in [-0.39, 0.29) is 11.1 Å². The van der Waals surface area contributed by atoms with Gasteiger partial charge in [-0.2, -0.15) is 26.3 Å². The molecule has 11 heteroatoms. The number of benzene rings is 1. The zero-order valence-corrected chi connectivity index (χ0v) is 16.3. The molecule has 2 aliphatic heterocycles. The maximum absolute atomic E-state index is 12.9. The van der Waals surface area contributed by atoms with Gasteiger partial charge in [0.1, 0.15) is 11.5 Å². The number of hydrogen-bond donors (Lipinski definition) is 2. The number of allylic oxidation sites excluding steroid dienone is 3. The molecule has 2 N–H and O–H groups in total. The van der Waals surface area contributed by atoms with Gasteiger partial charge in [0.05, 0.1) is 11.1 Å². The van der Waals surface area contributed by atoms with E-state index in [2.05, 4.69) is 15.7 Å². The highest BCUT2D eigenvalue weighted by molar-refractivity contribution is 6.20. The van der Waals surface area contributed by atoms with Crippen molar-refractivity contribution in [2.24, 2.45) is 0 Å². The maximum Gasteiger partial charge on any atom is 0.433 e. The molecule has 0 fully saturated rings. The summed E-state index contributed by atoms with van der Waals surface area (Å²) in [5.41, 5.74) is 2.86. The van der Waals surface area contributed by atoms with Crippen LogP contribution in [0.15, 0.2) is 66.4 Å². The third-order valence-corrected chi connectivity index (χ3v) is 4.89. The van der Waals surface area contributed by atoms with E-state index in [1.165, 1.54) is 18.3 Å². The molecule has 2 aromatic rings. The SMILES string of the molecule is CC1=C(c2ccc(C(F)(F)F)cc2)C=C2NC=C(c3ccc(C(F)(F)F)nc3)C(=O)N2N1. The molecule has 0 saturated heterocycles. The van der Waals surface area contributed by atoms with Gasteiger partial charge >= 0.3 is 12.4 Å². The van der Waals surface area contributed by atoms with Gasteiger partial charge in [-0.05, 0) is 36.8 Å². The van der Waals surface area contributed by atoms with Crippen LogP contribution in [0.5, 0.6) is 0 Å². The Morgan fingerprint density at radius 1 is 0.906 bits per heavy atom. The number of halogens is 6. The van der Waals surface area contributed by atoms with E-state index >= 15 is 0 Å². The number of rotatable bonds is 2. The fourth-order valence-electron chi connectivity index (χ4n) is 3.26. The van der Waals surface area contributed by atoms with Gasteiger partial charge in [0, 0.05) is 29.2 Å². The van der Waals surface area contributed by atoms with Gasteiger partial charge in [-0.15, -0.1) is 0 Å². The second kappa shape index (κ2) is 7.43. The van der Waals surface area contributed by atoms with Crippen molar-refractivity contribution in [1.82, 2.24) is 20.7 Å². The summed E-state index contributed by atoms with van der Waals surface area (Å²) in [5.74, 6) is -0.235. The van der Waals surface area contributed by atoms with Gasteiger partial charge < -0.3 is 5.32 Å². The van der Waals surface area contributed by atoms with Crippen molar-refractivity contribution in [3.8, 4) is 0 Å². The summed E-state index contributed by atoms with van der Waals surface area (Å²) in [5, 5.41) is 4.04. The van der Waals surface area contributed by atoms with Crippen molar-refractivity contribution in [2.45, 2.75) is 19.3 Å². The molecule has 4 rings (SSSR count). The van der Waals surface area contributed by atoms with Crippen LogP contribution in [0.25, 0.3) is 11.1 Å². The van der Waals surface area contributed by atoms with Gasteiger partial charge in [0.25, 0.3) is 5.91 Å². The van der Waals surface area contributed by atoms with Crippen LogP contribution in [0.3, 0.4) is 0 Å². The number of fused-ring (bicyclic) bond motifs is 1. The Bertz CT molecular complexity index is 1160. The van der Waals surface area contributed by atoms with Crippen molar-refractivity contribution < 1.29 is 31.1 Å². The Morgan fingerprint density at radius 2 is 1.56 bits per heavy atom. The molecular formula is C21H14F6N4O. The topological polar surface area (TPSA) is 57.3 Å². The minimum Gasteiger partial charge on any atom is -0.346 e. The van der Waals surface area contributed by atoms with Gasteiger partial charge in [-0.3, -0.25) is 15.2 Å². The third kappa shape index (κ3) is 3.93. The number of carbonyl (C=O) groups is 1. The van der Waals surface area contributed by atoms with Crippen LogP contribution in [0.1, 0.15) is 29.3 Å². The molecule has 1 aromatic heterocycles. The van der Waals surface area contributed by atoms with Crippen LogP contribution in [-0.4, -0.2) is 15.9 Å². The van der Waals surface area contributed by atoms with Crippen LogP contribution < -0.4 is 10.7 Å². The lowest BCUT2D eigenvalue weighted by molar-refractivity contribution is -0.141. The average Bonchev–Trinajstić information content (AvgIpc) is 2.73. The molecule has 3 heterocycles. The number of hydrogen-bond acceptors (Lipinski definition) is 4. The number of aromatic nitrogens is 1. The van der Waals surface area contributed by atoms with E-state index in [0.29, 0.717) is 22.7 Å². The van der Waals surface area contributed by atoms with E-state index in [1.807, 2.05) is 0 Å². The quantitative estimate of drug-likeness (QED) is 0.650. The largest absolute Gasteiger partial charge is 0.433 e. The zero-order chi connectivity index (χ0) is 23.3. The van der Waals surface area contributed by atoms with Gasteiger partial charge in [-0.25, -0.2) is 5.01 Å². The highest BCUT2D eigenvalue weighted by Crippen LogP contribution is 2.33. The van der Waals surface area contributed by atoms with Crippen LogP contribution in [0.4, 0.5) is 26.3 Å². The molecule has 2 aliphatic rings. The normalized spacial score (nSPS) is 16.7. The molecule has 1 aromatic carbocycles.